The summed E-state index contributed by atoms with van der Waals surface area (Å²) in [6, 6.07) is 7.44. The minimum atomic E-state index is -0.608. The monoisotopic (exact) mass is 311 g/mol. The number of nitrogens with zero attached hydrogens (tertiary/aromatic N) is 1. The van der Waals surface area contributed by atoms with Crippen molar-refractivity contribution in [3.63, 3.8) is 0 Å². The first-order chi connectivity index (χ1) is 10.7. The summed E-state index contributed by atoms with van der Waals surface area (Å²) in [6.07, 6.45) is 4.52. The zero-order chi connectivity index (χ0) is 15.1. The molecule has 22 heavy (non-hydrogen) atoms. The summed E-state index contributed by atoms with van der Waals surface area (Å²) in [5.74, 6) is -1.14. The van der Waals surface area contributed by atoms with Crippen LogP contribution in [-0.4, -0.2) is 21.0 Å². The zero-order valence-electron chi connectivity index (χ0n) is 11.7. The van der Waals surface area contributed by atoms with Crippen LogP contribution in [0, 0.1) is 0 Å². The molecule has 0 atom stereocenters. The third-order valence-corrected chi connectivity index (χ3v) is 4.82. The van der Waals surface area contributed by atoms with E-state index < -0.39 is 11.7 Å². The summed E-state index contributed by atoms with van der Waals surface area (Å²) in [4.78, 5) is 27.7. The van der Waals surface area contributed by atoms with Crippen LogP contribution in [-0.2, 0) is 17.6 Å². The molecule has 2 N–H and O–H groups in total. The van der Waals surface area contributed by atoms with E-state index >= 15 is 0 Å². The van der Waals surface area contributed by atoms with Crippen LogP contribution in [0.5, 0.6) is 0 Å². The number of nitrogens with one attached hydrogen (secondary N) is 2. The second-order valence-corrected chi connectivity index (χ2v) is 6.10. The van der Waals surface area contributed by atoms with Gasteiger partial charge in [0, 0.05) is 22.7 Å². The molecule has 1 aliphatic carbocycles. The van der Waals surface area contributed by atoms with Gasteiger partial charge in [0.25, 0.3) is 11.7 Å². The van der Waals surface area contributed by atoms with Crippen LogP contribution >= 0.6 is 11.5 Å². The van der Waals surface area contributed by atoms with E-state index in [0.717, 1.165) is 41.4 Å². The fourth-order valence-corrected chi connectivity index (χ4v) is 3.74. The molecule has 3 aromatic rings. The van der Waals surface area contributed by atoms with E-state index in [-0.39, 0.29) is 0 Å². The van der Waals surface area contributed by atoms with Gasteiger partial charge in [0.1, 0.15) is 5.00 Å². The number of aryl methyl sites for hydroxylation is 1. The van der Waals surface area contributed by atoms with E-state index in [1.807, 2.05) is 24.3 Å². The van der Waals surface area contributed by atoms with Crippen molar-refractivity contribution in [3.8, 4) is 0 Å². The van der Waals surface area contributed by atoms with E-state index in [2.05, 4.69) is 14.7 Å². The van der Waals surface area contributed by atoms with Crippen molar-refractivity contribution in [1.29, 1.82) is 0 Å². The topological polar surface area (TPSA) is 74.8 Å². The molecule has 4 rings (SSSR count). The number of aromatic nitrogens is 2. The van der Waals surface area contributed by atoms with Crippen molar-refractivity contribution in [2.24, 2.45) is 0 Å². The average molecular weight is 311 g/mol. The van der Waals surface area contributed by atoms with Gasteiger partial charge in [-0.05, 0) is 36.9 Å². The van der Waals surface area contributed by atoms with E-state index in [1.165, 1.54) is 11.5 Å². The number of ketones is 1. The summed E-state index contributed by atoms with van der Waals surface area (Å²) >= 11 is 1.26. The molecule has 1 aliphatic rings. The maximum atomic E-state index is 12.4. The summed E-state index contributed by atoms with van der Waals surface area (Å²) < 4.78 is 4.33. The van der Waals surface area contributed by atoms with Gasteiger partial charge in [-0.25, -0.2) is 0 Å². The minimum absolute atomic E-state index is 0.397. The molecule has 0 saturated carbocycles. The molecular formula is C16H13N3O2S. The number of anilines is 1. The molecule has 0 saturated heterocycles. The van der Waals surface area contributed by atoms with Gasteiger partial charge in [0.2, 0.25) is 0 Å². The molecule has 5 nitrogen and oxygen atoms in total. The van der Waals surface area contributed by atoms with Crippen molar-refractivity contribution in [3.05, 3.63) is 47.3 Å². The molecule has 0 unspecified atom stereocenters. The highest BCUT2D eigenvalue weighted by Gasteiger charge is 2.24. The number of Topliss-reactive ketones (excluding diaryl/α,β-unsaturated/α-hetero) is 1. The van der Waals surface area contributed by atoms with Gasteiger partial charge in [-0.15, -0.1) is 0 Å². The van der Waals surface area contributed by atoms with Crippen LogP contribution in [0.4, 0.5) is 5.00 Å². The lowest BCUT2D eigenvalue weighted by atomic mass is 10.1. The number of rotatable bonds is 3. The third-order valence-electron chi connectivity index (χ3n) is 3.98. The molecule has 6 heteroatoms. The highest BCUT2D eigenvalue weighted by molar-refractivity contribution is 7.10. The molecule has 0 aliphatic heterocycles. The highest BCUT2D eigenvalue weighted by Crippen LogP contribution is 2.32. The van der Waals surface area contributed by atoms with Gasteiger partial charge in [-0.3, -0.25) is 9.59 Å². The molecule has 0 fully saturated rings. The minimum Gasteiger partial charge on any atom is -0.360 e. The molecule has 110 valence electrons. The normalized spacial score (nSPS) is 13.3. The van der Waals surface area contributed by atoms with Gasteiger partial charge < -0.3 is 10.3 Å². The Balaban J connectivity index is 1.61. The second kappa shape index (κ2) is 5.06. The van der Waals surface area contributed by atoms with Crippen molar-refractivity contribution in [2.45, 2.75) is 19.3 Å². The van der Waals surface area contributed by atoms with Crippen LogP contribution in [0.15, 0.2) is 30.5 Å². The van der Waals surface area contributed by atoms with E-state index in [9.17, 15) is 9.59 Å². The number of carbonyl (C=O) groups is 2. The van der Waals surface area contributed by atoms with E-state index in [0.29, 0.717) is 10.6 Å². The number of carbonyl (C=O) groups excluding carboxylic acids is 2. The molecule has 2 aromatic heterocycles. The molecular weight excluding hydrogens is 298 g/mol. The Bertz CT molecular complexity index is 894. The van der Waals surface area contributed by atoms with Crippen molar-refractivity contribution < 1.29 is 9.59 Å². The van der Waals surface area contributed by atoms with Gasteiger partial charge >= 0.3 is 0 Å². The number of hydrogen-bond acceptors (Lipinski definition) is 4. The fraction of sp³-hybridized carbons (Fsp3) is 0.188. The van der Waals surface area contributed by atoms with Crippen LogP contribution in [0.3, 0.4) is 0 Å². The molecule has 1 amide bonds. The molecule has 2 heterocycles. The van der Waals surface area contributed by atoms with Crippen LogP contribution in [0.25, 0.3) is 10.9 Å². The largest absolute Gasteiger partial charge is 0.360 e. The van der Waals surface area contributed by atoms with Crippen LogP contribution in [0.1, 0.15) is 28.0 Å². The molecule has 1 aromatic carbocycles. The molecule has 0 radical (unpaired) electrons. The number of aromatic amines is 1. The van der Waals surface area contributed by atoms with Gasteiger partial charge in [-0.1, -0.05) is 18.2 Å². The fourth-order valence-electron chi connectivity index (χ4n) is 2.87. The highest BCUT2D eigenvalue weighted by atomic mass is 32.1. The average Bonchev–Trinajstić information content (AvgIpc) is 3.22. The Kier molecular flexibility index (Phi) is 3.04. The number of benzene rings is 1. The summed E-state index contributed by atoms with van der Waals surface area (Å²) in [5.41, 5.74) is 3.39. The first-order valence-corrected chi connectivity index (χ1v) is 7.90. The Morgan fingerprint density at radius 1 is 1.23 bits per heavy atom. The van der Waals surface area contributed by atoms with Gasteiger partial charge in [0.15, 0.2) is 0 Å². The van der Waals surface area contributed by atoms with Crippen molar-refractivity contribution >= 4 is 39.1 Å². The van der Waals surface area contributed by atoms with Crippen molar-refractivity contribution in [1.82, 2.24) is 9.36 Å². The zero-order valence-corrected chi connectivity index (χ0v) is 12.5. The Morgan fingerprint density at radius 3 is 3.00 bits per heavy atom. The lowest BCUT2D eigenvalue weighted by molar-refractivity contribution is -0.112. The van der Waals surface area contributed by atoms with Crippen molar-refractivity contribution in [2.75, 3.05) is 5.32 Å². The maximum Gasteiger partial charge on any atom is 0.297 e. The smallest absolute Gasteiger partial charge is 0.297 e. The predicted octanol–water partition coefficient (Wildman–Crippen LogP) is 2.93. The third kappa shape index (κ3) is 2.03. The van der Waals surface area contributed by atoms with Crippen LogP contribution in [0.2, 0.25) is 0 Å². The molecule has 0 bridgehead atoms. The van der Waals surface area contributed by atoms with Crippen LogP contribution < -0.4 is 5.32 Å². The first-order valence-electron chi connectivity index (χ1n) is 7.13. The lowest BCUT2D eigenvalue weighted by Crippen LogP contribution is -2.22. The Morgan fingerprint density at radius 2 is 2.09 bits per heavy atom. The summed E-state index contributed by atoms with van der Waals surface area (Å²) in [6.45, 7) is 0. The number of para-hydroxylation sites is 1. The van der Waals surface area contributed by atoms with E-state index in [1.54, 1.807) is 6.20 Å². The summed E-state index contributed by atoms with van der Waals surface area (Å²) in [7, 11) is 0. The Hall–Kier alpha value is -2.47. The first kappa shape index (κ1) is 13.2. The quantitative estimate of drug-likeness (QED) is 0.577. The lowest BCUT2D eigenvalue weighted by Gasteiger charge is -2.02. The second-order valence-electron chi connectivity index (χ2n) is 5.32. The summed E-state index contributed by atoms with van der Waals surface area (Å²) in [5, 5.41) is 4.20. The number of fused-ring (bicyclic) bond motifs is 2. The van der Waals surface area contributed by atoms with E-state index in [4.69, 9.17) is 0 Å². The Labute approximate surface area is 130 Å². The predicted molar refractivity (Wildman–Crippen MR) is 85.4 cm³/mol. The number of H-pyrrole nitrogens is 1. The molecule has 0 spiro atoms. The maximum absolute atomic E-state index is 12.4. The SMILES string of the molecule is O=C(Nc1snc2c1CCC2)C(=O)c1c[nH]c2ccccc12. The number of hydrogen-bond donors (Lipinski definition) is 2. The van der Waals surface area contributed by atoms with Gasteiger partial charge in [0.05, 0.1) is 11.3 Å². The standard InChI is InChI=1S/C16H13N3O2S/c20-14(11-8-17-12-6-2-1-4-9(11)12)15(21)18-16-10-5-3-7-13(10)19-22-16/h1-2,4,6,8,17H,3,5,7H2,(H,18,21). The number of amides is 1. The van der Waals surface area contributed by atoms with Gasteiger partial charge in [-0.2, -0.15) is 4.37 Å².